The molecule has 7 nitrogen and oxygen atoms in total. The molecule has 0 bridgehead atoms. The topological polar surface area (TPSA) is 83.0 Å². The number of amides is 2. The highest BCUT2D eigenvalue weighted by Crippen LogP contribution is 2.41. The molecule has 0 radical (unpaired) electrons. The average Bonchev–Trinajstić information content (AvgIpc) is 2.99. The Hall–Kier alpha value is -2.28. The normalized spacial score (nSPS) is 23.8. The minimum atomic E-state index is -0.289. The minimum absolute atomic E-state index is 0.0820. The van der Waals surface area contributed by atoms with E-state index in [0.29, 0.717) is 17.1 Å². The van der Waals surface area contributed by atoms with Gasteiger partial charge in [0.25, 0.3) is 5.91 Å². The Morgan fingerprint density at radius 2 is 2.25 bits per heavy atom. The quantitative estimate of drug-likeness (QED) is 0.882. The van der Waals surface area contributed by atoms with Crippen molar-refractivity contribution in [3.8, 4) is 0 Å². The third kappa shape index (κ3) is 2.58. The SMILES string of the molecule is Cn1nccc1[C@H]1[C@H](NC(=O)c2cc(Cl)c[nH]2)CC(=O)N1C1CC1. The number of nitrogens with one attached hydrogen (secondary N) is 2. The molecule has 24 heavy (non-hydrogen) atoms. The molecule has 1 saturated carbocycles. The smallest absolute Gasteiger partial charge is 0.268 e. The van der Waals surface area contributed by atoms with Crippen molar-refractivity contribution in [3.05, 3.63) is 40.9 Å². The van der Waals surface area contributed by atoms with Gasteiger partial charge in [-0.05, 0) is 25.0 Å². The van der Waals surface area contributed by atoms with E-state index in [0.717, 1.165) is 18.5 Å². The lowest BCUT2D eigenvalue weighted by molar-refractivity contribution is -0.129. The lowest BCUT2D eigenvalue weighted by Crippen LogP contribution is -2.41. The first-order chi connectivity index (χ1) is 11.5. The van der Waals surface area contributed by atoms with Crippen LogP contribution in [0.15, 0.2) is 24.5 Å². The summed E-state index contributed by atoms with van der Waals surface area (Å²) in [6.07, 6.45) is 5.62. The van der Waals surface area contributed by atoms with Crippen molar-refractivity contribution in [2.75, 3.05) is 0 Å². The third-order valence-corrected chi connectivity index (χ3v) is 4.89. The van der Waals surface area contributed by atoms with Gasteiger partial charge in [0.1, 0.15) is 5.69 Å². The van der Waals surface area contributed by atoms with E-state index in [9.17, 15) is 9.59 Å². The summed E-state index contributed by atoms with van der Waals surface area (Å²) in [5.74, 6) is -0.178. The fraction of sp³-hybridized carbons (Fsp3) is 0.438. The summed E-state index contributed by atoms with van der Waals surface area (Å²) in [6, 6.07) is 3.28. The lowest BCUT2D eigenvalue weighted by Gasteiger charge is -2.28. The molecule has 1 aliphatic carbocycles. The predicted octanol–water partition coefficient (Wildman–Crippen LogP) is 1.64. The van der Waals surface area contributed by atoms with E-state index in [1.165, 1.54) is 0 Å². The maximum Gasteiger partial charge on any atom is 0.268 e. The van der Waals surface area contributed by atoms with Crippen LogP contribution in [0.1, 0.15) is 41.5 Å². The zero-order chi connectivity index (χ0) is 16.8. The molecule has 2 amide bonds. The number of H-pyrrole nitrogens is 1. The van der Waals surface area contributed by atoms with Gasteiger partial charge in [-0.2, -0.15) is 5.10 Å². The number of likely N-dealkylation sites (tertiary alicyclic amines) is 1. The lowest BCUT2D eigenvalue weighted by atomic mass is 10.1. The fourth-order valence-corrected chi connectivity index (χ4v) is 3.60. The van der Waals surface area contributed by atoms with E-state index >= 15 is 0 Å². The molecule has 1 aliphatic heterocycles. The van der Waals surface area contributed by atoms with Gasteiger partial charge in [-0.15, -0.1) is 0 Å². The number of carbonyl (C=O) groups excluding carboxylic acids is 2. The standard InChI is InChI=1S/C16H18ClN5O2/c1-21-13(4-5-19-21)15-11(7-14(23)22(15)10-2-3-10)20-16(24)12-6-9(17)8-18-12/h4-6,8,10-11,15,18H,2-3,7H2,1H3,(H,20,24)/t11-,15-/m1/s1. The van der Waals surface area contributed by atoms with Crippen LogP contribution in [0.5, 0.6) is 0 Å². The van der Waals surface area contributed by atoms with Gasteiger partial charge >= 0.3 is 0 Å². The first kappa shape index (κ1) is 15.3. The van der Waals surface area contributed by atoms with Crippen molar-refractivity contribution in [1.29, 1.82) is 0 Å². The van der Waals surface area contributed by atoms with E-state index in [-0.39, 0.29) is 29.9 Å². The Kier molecular flexibility index (Phi) is 3.60. The van der Waals surface area contributed by atoms with Gasteiger partial charge < -0.3 is 15.2 Å². The van der Waals surface area contributed by atoms with Gasteiger partial charge in [-0.1, -0.05) is 11.6 Å². The molecule has 2 aromatic rings. The maximum absolute atomic E-state index is 12.5. The van der Waals surface area contributed by atoms with Gasteiger partial charge in [0.15, 0.2) is 0 Å². The van der Waals surface area contributed by atoms with Crippen molar-refractivity contribution in [2.45, 2.75) is 37.4 Å². The van der Waals surface area contributed by atoms with Crippen LogP contribution >= 0.6 is 11.6 Å². The highest BCUT2D eigenvalue weighted by Gasteiger charge is 2.48. The Morgan fingerprint density at radius 3 is 2.83 bits per heavy atom. The number of halogens is 1. The van der Waals surface area contributed by atoms with Crippen LogP contribution in [0.4, 0.5) is 0 Å². The Balaban J connectivity index is 1.62. The van der Waals surface area contributed by atoms with E-state index in [4.69, 9.17) is 11.6 Å². The van der Waals surface area contributed by atoms with Gasteiger partial charge in [-0.25, -0.2) is 0 Å². The van der Waals surface area contributed by atoms with Crippen molar-refractivity contribution >= 4 is 23.4 Å². The van der Waals surface area contributed by atoms with Gasteiger partial charge in [0, 0.05) is 31.9 Å². The predicted molar refractivity (Wildman–Crippen MR) is 87.5 cm³/mol. The third-order valence-electron chi connectivity index (χ3n) is 4.67. The molecule has 2 N–H and O–H groups in total. The van der Waals surface area contributed by atoms with Crippen LogP contribution in [-0.4, -0.2) is 43.6 Å². The van der Waals surface area contributed by atoms with Crippen molar-refractivity contribution in [1.82, 2.24) is 25.0 Å². The molecule has 2 fully saturated rings. The molecule has 0 spiro atoms. The molecular weight excluding hydrogens is 330 g/mol. The van der Waals surface area contributed by atoms with Crippen LogP contribution < -0.4 is 5.32 Å². The van der Waals surface area contributed by atoms with Crippen LogP contribution in [-0.2, 0) is 11.8 Å². The fourth-order valence-electron chi connectivity index (χ4n) is 3.44. The molecule has 0 unspecified atom stereocenters. The summed E-state index contributed by atoms with van der Waals surface area (Å²) in [4.78, 5) is 29.7. The monoisotopic (exact) mass is 347 g/mol. The summed E-state index contributed by atoms with van der Waals surface area (Å²) >= 11 is 5.86. The van der Waals surface area contributed by atoms with Crippen LogP contribution in [0.2, 0.25) is 5.02 Å². The van der Waals surface area contributed by atoms with E-state index < -0.39 is 0 Å². The number of carbonyl (C=O) groups is 2. The second kappa shape index (κ2) is 5.66. The number of aromatic nitrogens is 3. The van der Waals surface area contributed by atoms with Crippen LogP contribution in [0, 0.1) is 0 Å². The molecule has 8 heteroatoms. The van der Waals surface area contributed by atoms with E-state index in [2.05, 4.69) is 15.4 Å². The number of hydrogen-bond donors (Lipinski definition) is 2. The molecule has 2 aromatic heterocycles. The molecule has 4 rings (SSSR count). The molecule has 126 valence electrons. The van der Waals surface area contributed by atoms with Gasteiger partial charge in [0.05, 0.1) is 22.8 Å². The summed E-state index contributed by atoms with van der Waals surface area (Å²) in [7, 11) is 1.85. The largest absolute Gasteiger partial charge is 0.356 e. The highest BCUT2D eigenvalue weighted by molar-refractivity contribution is 6.30. The molecule has 1 saturated heterocycles. The highest BCUT2D eigenvalue weighted by atomic mass is 35.5. The van der Waals surface area contributed by atoms with Crippen molar-refractivity contribution in [2.24, 2.45) is 7.05 Å². The zero-order valence-electron chi connectivity index (χ0n) is 13.2. The second-order valence-corrected chi connectivity index (χ2v) is 6.81. The number of hydrogen-bond acceptors (Lipinski definition) is 3. The van der Waals surface area contributed by atoms with E-state index in [1.54, 1.807) is 23.1 Å². The molecule has 2 atom stereocenters. The second-order valence-electron chi connectivity index (χ2n) is 6.37. The maximum atomic E-state index is 12.5. The van der Waals surface area contributed by atoms with Crippen LogP contribution in [0.25, 0.3) is 0 Å². The molecular formula is C16H18ClN5O2. The number of nitrogens with zero attached hydrogens (tertiary/aromatic N) is 3. The van der Waals surface area contributed by atoms with Gasteiger partial charge in [-0.3, -0.25) is 14.3 Å². The van der Waals surface area contributed by atoms with Gasteiger partial charge in [0.2, 0.25) is 5.91 Å². The number of aryl methyl sites for hydroxylation is 1. The Morgan fingerprint density at radius 1 is 1.46 bits per heavy atom. The molecule has 3 heterocycles. The summed E-state index contributed by atoms with van der Waals surface area (Å²) in [5.41, 5.74) is 1.32. The first-order valence-electron chi connectivity index (χ1n) is 7.98. The van der Waals surface area contributed by atoms with Crippen molar-refractivity contribution < 1.29 is 9.59 Å². The Bertz CT molecular complexity index is 794. The minimum Gasteiger partial charge on any atom is -0.356 e. The Labute approximate surface area is 144 Å². The van der Waals surface area contributed by atoms with Crippen LogP contribution in [0.3, 0.4) is 0 Å². The molecule has 0 aromatic carbocycles. The van der Waals surface area contributed by atoms with E-state index in [1.807, 2.05) is 18.0 Å². The summed E-state index contributed by atoms with van der Waals surface area (Å²) < 4.78 is 1.77. The number of aromatic amines is 1. The molecule has 2 aliphatic rings. The summed E-state index contributed by atoms with van der Waals surface area (Å²) in [6.45, 7) is 0. The summed E-state index contributed by atoms with van der Waals surface area (Å²) in [5, 5.41) is 7.68. The average molecular weight is 348 g/mol. The number of rotatable bonds is 4. The first-order valence-corrected chi connectivity index (χ1v) is 8.36. The van der Waals surface area contributed by atoms with Crippen molar-refractivity contribution in [3.63, 3.8) is 0 Å². The zero-order valence-corrected chi connectivity index (χ0v) is 14.0.